The molecule has 0 aliphatic carbocycles. The van der Waals surface area contributed by atoms with Gasteiger partial charge in [-0.2, -0.15) is 0 Å². The van der Waals surface area contributed by atoms with Crippen molar-refractivity contribution in [1.82, 2.24) is 9.97 Å². The number of piperidine rings is 1. The molecular formula is C17H22N4. The van der Waals surface area contributed by atoms with Crippen LogP contribution in [0.4, 0.5) is 11.6 Å². The molecule has 1 aliphatic rings. The second-order valence-electron chi connectivity index (χ2n) is 5.89. The first-order valence-electron chi connectivity index (χ1n) is 7.62. The van der Waals surface area contributed by atoms with Gasteiger partial charge in [-0.25, -0.2) is 9.97 Å². The summed E-state index contributed by atoms with van der Waals surface area (Å²) in [6.07, 6.45) is 2.49. The van der Waals surface area contributed by atoms with Gasteiger partial charge in [-0.05, 0) is 25.7 Å². The molecule has 3 rings (SSSR count). The number of hydrogen-bond donors (Lipinski definition) is 1. The molecule has 0 amide bonds. The summed E-state index contributed by atoms with van der Waals surface area (Å²) in [4.78, 5) is 11.5. The van der Waals surface area contributed by atoms with Crippen LogP contribution < -0.4 is 10.6 Å². The van der Waals surface area contributed by atoms with Gasteiger partial charge in [0.05, 0.1) is 0 Å². The van der Waals surface area contributed by atoms with Crippen molar-refractivity contribution in [3.8, 4) is 11.4 Å². The zero-order chi connectivity index (χ0) is 14.8. The van der Waals surface area contributed by atoms with Gasteiger partial charge in [-0.1, -0.05) is 37.3 Å². The van der Waals surface area contributed by atoms with Crippen LogP contribution in [0.1, 0.15) is 26.7 Å². The first kappa shape index (κ1) is 13.9. The molecule has 1 aromatic carbocycles. The molecule has 1 fully saturated rings. The molecule has 2 heterocycles. The maximum Gasteiger partial charge on any atom is 0.163 e. The summed E-state index contributed by atoms with van der Waals surface area (Å²) in [5.41, 5.74) is 7.01. The molecule has 1 aromatic heterocycles. The van der Waals surface area contributed by atoms with Crippen LogP contribution in [0.2, 0.25) is 0 Å². The topological polar surface area (TPSA) is 55.0 Å². The average molecular weight is 282 g/mol. The van der Waals surface area contributed by atoms with E-state index in [0.717, 1.165) is 17.9 Å². The minimum atomic E-state index is 0.483. The van der Waals surface area contributed by atoms with Gasteiger partial charge in [-0.3, -0.25) is 0 Å². The zero-order valence-electron chi connectivity index (χ0n) is 12.7. The predicted octanol–water partition coefficient (Wildman–Crippen LogP) is 3.35. The lowest BCUT2D eigenvalue weighted by molar-refractivity contribution is 0.361. The molecule has 2 atom stereocenters. The fourth-order valence-electron chi connectivity index (χ4n) is 2.97. The van der Waals surface area contributed by atoms with Crippen molar-refractivity contribution < 1.29 is 0 Å². The fourth-order valence-corrected chi connectivity index (χ4v) is 2.97. The van der Waals surface area contributed by atoms with Crippen molar-refractivity contribution in [3.05, 3.63) is 36.4 Å². The second kappa shape index (κ2) is 5.72. The van der Waals surface area contributed by atoms with E-state index in [4.69, 9.17) is 10.7 Å². The van der Waals surface area contributed by atoms with E-state index in [-0.39, 0.29) is 0 Å². The van der Waals surface area contributed by atoms with E-state index in [1.807, 2.05) is 36.4 Å². The number of rotatable bonds is 2. The minimum Gasteiger partial charge on any atom is -0.384 e. The highest BCUT2D eigenvalue weighted by Gasteiger charge is 2.26. The third kappa shape index (κ3) is 2.84. The first-order valence-corrected chi connectivity index (χ1v) is 7.62. The van der Waals surface area contributed by atoms with E-state index in [0.29, 0.717) is 23.6 Å². The number of aromatic nitrogens is 2. The lowest BCUT2D eigenvalue weighted by Gasteiger charge is -2.38. The molecule has 1 aliphatic heterocycles. The van der Waals surface area contributed by atoms with Crippen LogP contribution in [0.5, 0.6) is 0 Å². The molecule has 0 radical (unpaired) electrons. The van der Waals surface area contributed by atoms with Crippen molar-refractivity contribution in [2.24, 2.45) is 5.92 Å². The van der Waals surface area contributed by atoms with Gasteiger partial charge < -0.3 is 10.6 Å². The Hall–Kier alpha value is -2.10. The van der Waals surface area contributed by atoms with Crippen LogP contribution in [-0.2, 0) is 0 Å². The Morgan fingerprint density at radius 2 is 1.90 bits per heavy atom. The fraction of sp³-hybridized carbons (Fsp3) is 0.412. The Kier molecular flexibility index (Phi) is 3.78. The summed E-state index contributed by atoms with van der Waals surface area (Å²) in [6, 6.07) is 12.4. The molecule has 4 nitrogen and oxygen atoms in total. The van der Waals surface area contributed by atoms with Crippen LogP contribution in [0.25, 0.3) is 11.4 Å². The summed E-state index contributed by atoms with van der Waals surface area (Å²) in [7, 11) is 0. The molecule has 0 spiro atoms. The molecule has 4 heteroatoms. The Labute approximate surface area is 126 Å². The summed E-state index contributed by atoms with van der Waals surface area (Å²) < 4.78 is 0. The van der Waals surface area contributed by atoms with Gasteiger partial charge in [0.2, 0.25) is 0 Å². The molecule has 0 bridgehead atoms. The van der Waals surface area contributed by atoms with Crippen molar-refractivity contribution in [3.63, 3.8) is 0 Å². The maximum atomic E-state index is 6.01. The monoisotopic (exact) mass is 282 g/mol. The summed E-state index contributed by atoms with van der Waals surface area (Å²) in [6.45, 7) is 5.61. The standard InChI is InChI=1S/C17H22N4/c1-12-7-6-10-21(13(12)2)16-11-15(18)19-17(20-16)14-8-4-3-5-9-14/h3-5,8-9,11-13H,6-7,10H2,1-2H3,(H2,18,19,20). The van der Waals surface area contributed by atoms with Crippen LogP contribution in [0.15, 0.2) is 36.4 Å². The molecule has 0 saturated carbocycles. The molecule has 2 unspecified atom stereocenters. The smallest absolute Gasteiger partial charge is 0.163 e. The van der Waals surface area contributed by atoms with Gasteiger partial charge in [0, 0.05) is 24.2 Å². The van der Waals surface area contributed by atoms with Crippen LogP contribution in [0.3, 0.4) is 0 Å². The molecule has 2 N–H and O–H groups in total. The summed E-state index contributed by atoms with van der Waals surface area (Å²) >= 11 is 0. The molecule has 110 valence electrons. The van der Waals surface area contributed by atoms with E-state index in [2.05, 4.69) is 23.7 Å². The van der Waals surface area contributed by atoms with Crippen LogP contribution in [-0.4, -0.2) is 22.6 Å². The van der Waals surface area contributed by atoms with Crippen LogP contribution in [0, 0.1) is 5.92 Å². The third-order valence-corrected chi connectivity index (χ3v) is 4.43. The molecular weight excluding hydrogens is 260 g/mol. The van der Waals surface area contributed by atoms with Gasteiger partial charge in [-0.15, -0.1) is 0 Å². The number of benzene rings is 1. The first-order chi connectivity index (χ1) is 10.1. The van der Waals surface area contributed by atoms with Crippen LogP contribution >= 0.6 is 0 Å². The number of nitrogen functional groups attached to an aromatic ring is 1. The maximum absolute atomic E-state index is 6.01. The Bertz CT molecular complexity index is 611. The van der Waals surface area contributed by atoms with E-state index in [1.165, 1.54) is 12.8 Å². The Morgan fingerprint density at radius 1 is 1.14 bits per heavy atom. The third-order valence-electron chi connectivity index (χ3n) is 4.43. The summed E-state index contributed by atoms with van der Waals surface area (Å²) in [5.74, 6) is 2.86. The lowest BCUT2D eigenvalue weighted by atomic mass is 9.92. The van der Waals surface area contributed by atoms with Crippen molar-refractivity contribution in [2.75, 3.05) is 17.2 Å². The van der Waals surface area contributed by atoms with Crippen molar-refractivity contribution in [2.45, 2.75) is 32.7 Å². The SMILES string of the molecule is CC1CCCN(c2cc(N)nc(-c3ccccc3)n2)C1C. The van der Waals surface area contributed by atoms with Gasteiger partial charge in [0.25, 0.3) is 0 Å². The van der Waals surface area contributed by atoms with E-state index < -0.39 is 0 Å². The zero-order valence-corrected chi connectivity index (χ0v) is 12.7. The van der Waals surface area contributed by atoms with Crippen molar-refractivity contribution in [1.29, 1.82) is 0 Å². The highest BCUT2D eigenvalue weighted by Crippen LogP contribution is 2.29. The predicted molar refractivity (Wildman–Crippen MR) is 87.1 cm³/mol. The highest BCUT2D eigenvalue weighted by atomic mass is 15.2. The van der Waals surface area contributed by atoms with Gasteiger partial charge in [0.15, 0.2) is 5.82 Å². The normalized spacial score (nSPS) is 22.3. The molecule has 21 heavy (non-hydrogen) atoms. The largest absolute Gasteiger partial charge is 0.384 e. The number of nitrogens with two attached hydrogens (primary N) is 1. The van der Waals surface area contributed by atoms with E-state index in [9.17, 15) is 0 Å². The molecule has 2 aromatic rings. The van der Waals surface area contributed by atoms with E-state index in [1.54, 1.807) is 0 Å². The quantitative estimate of drug-likeness (QED) is 0.917. The van der Waals surface area contributed by atoms with E-state index >= 15 is 0 Å². The molecule has 1 saturated heterocycles. The number of hydrogen-bond acceptors (Lipinski definition) is 4. The highest BCUT2D eigenvalue weighted by molar-refractivity contribution is 5.61. The Balaban J connectivity index is 1.98. The van der Waals surface area contributed by atoms with Gasteiger partial charge in [0.1, 0.15) is 11.6 Å². The Morgan fingerprint density at radius 3 is 2.67 bits per heavy atom. The second-order valence-corrected chi connectivity index (χ2v) is 5.89. The van der Waals surface area contributed by atoms with Gasteiger partial charge >= 0.3 is 0 Å². The lowest BCUT2D eigenvalue weighted by Crippen LogP contribution is -2.43. The summed E-state index contributed by atoms with van der Waals surface area (Å²) in [5, 5.41) is 0. The number of nitrogens with zero attached hydrogens (tertiary/aromatic N) is 3. The van der Waals surface area contributed by atoms with Crippen molar-refractivity contribution >= 4 is 11.6 Å². The minimum absolute atomic E-state index is 0.483. The average Bonchev–Trinajstić information content (AvgIpc) is 2.50. The number of anilines is 2.